The van der Waals surface area contributed by atoms with Gasteiger partial charge in [-0.1, -0.05) is 26.8 Å². The summed E-state index contributed by atoms with van der Waals surface area (Å²) in [5, 5.41) is 3.45. The molecule has 0 atom stereocenters. The lowest BCUT2D eigenvalue weighted by atomic mass is 9.91. The van der Waals surface area contributed by atoms with Crippen molar-refractivity contribution < 1.29 is 14.3 Å². The van der Waals surface area contributed by atoms with Gasteiger partial charge in [-0.15, -0.1) is 0 Å². The van der Waals surface area contributed by atoms with Crippen molar-refractivity contribution in [2.24, 2.45) is 11.1 Å². The summed E-state index contributed by atoms with van der Waals surface area (Å²) < 4.78 is 11.1. The van der Waals surface area contributed by atoms with Crippen LogP contribution in [-0.2, 0) is 6.54 Å². The Bertz CT molecular complexity index is 755. The third-order valence-electron chi connectivity index (χ3n) is 3.93. The lowest BCUT2D eigenvalue weighted by Gasteiger charge is -2.17. The summed E-state index contributed by atoms with van der Waals surface area (Å²) in [4.78, 5) is 19.0. The number of nitrogens with zero attached hydrogens (tertiary/aromatic N) is 2. The molecule has 0 bridgehead atoms. The maximum absolute atomic E-state index is 11.0. The molecule has 7 heteroatoms. The molecule has 1 aromatic carbocycles. The normalized spacial score (nSPS) is 11.3. The molecule has 2 rings (SSSR count). The summed E-state index contributed by atoms with van der Waals surface area (Å²) in [7, 11) is 1.59. The fraction of sp³-hybridized carbons (Fsp3) is 0.450. The van der Waals surface area contributed by atoms with Crippen molar-refractivity contribution in [3.63, 3.8) is 0 Å². The van der Waals surface area contributed by atoms with Crippen LogP contribution in [0, 0.1) is 5.41 Å². The molecule has 0 radical (unpaired) electrons. The SMILES string of the molecule is COc1cc(CNCCCC(C)(C)C)ccc1Oc1cnc(C(N)=O)cn1. The zero-order valence-corrected chi connectivity index (χ0v) is 16.4. The van der Waals surface area contributed by atoms with E-state index < -0.39 is 5.91 Å². The first-order valence-electron chi connectivity index (χ1n) is 8.96. The number of amides is 1. The topological polar surface area (TPSA) is 99.4 Å². The van der Waals surface area contributed by atoms with Crippen molar-refractivity contribution in [3.8, 4) is 17.4 Å². The number of carbonyl (C=O) groups is 1. The maximum Gasteiger partial charge on any atom is 0.268 e. The molecule has 1 amide bonds. The van der Waals surface area contributed by atoms with Gasteiger partial charge in [-0.3, -0.25) is 4.79 Å². The number of benzene rings is 1. The van der Waals surface area contributed by atoms with Gasteiger partial charge in [0.25, 0.3) is 5.91 Å². The number of hydrogen-bond donors (Lipinski definition) is 2. The Morgan fingerprint density at radius 3 is 2.56 bits per heavy atom. The van der Waals surface area contributed by atoms with Gasteiger partial charge in [-0.25, -0.2) is 9.97 Å². The molecule has 0 unspecified atom stereocenters. The highest BCUT2D eigenvalue weighted by Gasteiger charge is 2.11. The number of hydrogen-bond acceptors (Lipinski definition) is 6. The van der Waals surface area contributed by atoms with Crippen LogP contribution in [0.5, 0.6) is 17.4 Å². The maximum atomic E-state index is 11.0. The first-order chi connectivity index (χ1) is 12.8. The Labute approximate surface area is 160 Å². The zero-order valence-electron chi connectivity index (χ0n) is 16.4. The van der Waals surface area contributed by atoms with Crippen molar-refractivity contribution in [1.29, 1.82) is 0 Å². The highest BCUT2D eigenvalue weighted by Crippen LogP contribution is 2.31. The van der Waals surface area contributed by atoms with Gasteiger partial charge >= 0.3 is 0 Å². The van der Waals surface area contributed by atoms with E-state index >= 15 is 0 Å². The van der Waals surface area contributed by atoms with Crippen molar-refractivity contribution in [3.05, 3.63) is 41.9 Å². The Morgan fingerprint density at radius 2 is 1.96 bits per heavy atom. The van der Waals surface area contributed by atoms with E-state index in [1.165, 1.54) is 18.8 Å². The van der Waals surface area contributed by atoms with Gasteiger partial charge in [-0.2, -0.15) is 0 Å². The highest BCUT2D eigenvalue weighted by molar-refractivity contribution is 5.90. The van der Waals surface area contributed by atoms with E-state index in [0.29, 0.717) is 16.9 Å². The Morgan fingerprint density at radius 1 is 1.19 bits per heavy atom. The molecule has 0 aliphatic carbocycles. The van der Waals surface area contributed by atoms with Gasteiger partial charge in [-0.05, 0) is 42.5 Å². The average molecular weight is 372 g/mol. The Kier molecular flexibility index (Phi) is 7.12. The predicted octanol–water partition coefficient (Wildman–Crippen LogP) is 3.29. The van der Waals surface area contributed by atoms with E-state index in [9.17, 15) is 4.79 Å². The van der Waals surface area contributed by atoms with Crippen molar-refractivity contribution >= 4 is 5.91 Å². The number of aromatic nitrogens is 2. The van der Waals surface area contributed by atoms with Crippen LogP contribution in [-0.4, -0.2) is 29.5 Å². The second kappa shape index (κ2) is 9.32. The van der Waals surface area contributed by atoms with Crippen LogP contribution >= 0.6 is 0 Å². The van der Waals surface area contributed by atoms with Crippen LogP contribution in [0.4, 0.5) is 0 Å². The van der Waals surface area contributed by atoms with E-state index in [0.717, 1.165) is 25.1 Å². The van der Waals surface area contributed by atoms with Gasteiger partial charge in [0, 0.05) is 6.54 Å². The molecule has 27 heavy (non-hydrogen) atoms. The Balaban J connectivity index is 1.94. The van der Waals surface area contributed by atoms with Crippen LogP contribution in [0.15, 0.2) is 30.6 Å². The molecular formula is C20H28N4O3. The summed E-state index contributed by atoms with van der Waals surface area (Å²) in [5.41, 5.74) is 6.70. The molecule has 146 valence electrons. The smallest absolute Gasteiger partial charge is 0.268 e. The second-order valence-corrected chi connectivity index (χ2v) is 7.53. The quantitative estimate of drug-likeness (QED) is 0.655. The van der Waals surface area contributed by atoms with Crippen LogP contribution in [0.2, 0.25) is 0 Å². The standard InChI is InChI=1S/C20H28N4O3/c1-20(2,3)8-5-9-22-11-14-6-7-16(17(10-14)26-4)27-18-13-23-15(12-24-18)19(21)25/h6-7,10,12-13,22H,5,8-9,11H2,1-4H3,(H2,21,25). The molecule has 1 aromatic heterocycles. The first-order valence-corrected chi connectivity index (χ1v) is 8.96. The number of nitrogens with one attached hydrogen (secondary N) is 1. The summed E-state index contributed by atoms with van der Waals surface area (Å²) in [5.74, 6) is 0.747. The van der Waals surface area contributed by atoms with Crippen LogP contribution in [0.3, 0.4) is 0 Å². The fourth-order valence-corrected chi connectivity index (χ4v) is 2.49. The molecule has 0 saturated carbocycles. The lowest BCUT2D eigenvalue weighted by molar-refractivity contribution is 0.0995. The molecule has 7 nitrogen and oxygen atoms in total. The second-order valence-electron chi connectivity index (χ2n) is 7.53. The number of nitrogens with two attached hydrogens (primary N) is 1. The first kappa shape index (κ1) is 20.6. The van der Waals surface area contributed by atoms with Gasteiger partial charge in [0.05, 0.1) is 19.5 Å². The summed E-state index contributed by atoms with van der Waals surface area (Å²) in [6.45, 7) is 8.49. The lowest BCUT2D eigenvalue weighted by Crippen LogP contribution is -2.17. The fourth-order valence-electron chi connectivity index (χ4n) is 2.49. The van der Waals surface area contributed by atoms with Gasteiger partial charge < -0.3 is 20.5 Å². The van der Waals surface area contributed by atoms with E-state index in [-0.39, 0.29) is 11.6 Å². The largest absolute Gasteiger partial charge is 0.493 e. The summed E-state index contributed by atoms with van der Waals surface area (Å²) >= 11 is 0. The van der Waals surface area contributed by atoms with E-state index in [2.05, 4.69) is 36.1 Å². The highest BCUT2D eigenvalue weighted by atomic mass is 16.5. The number of rotatable bonds is 9. The van der Waals surface area contributed by atoms with Crippen molar-refractivity contribution in [1.82, 2.24) is 15.3 Å². The number of ether oxygens (including phenoxy) is 2. The molecule has 3 N–H and O–H groups in total. The van der Waals surface area contributed by atoms with E-state index in [4.69, 9.17) is 15.2 Å². The molecule has 0 aliphatic heterocycles. The third-order valence-corrected chi connectivity index (χ3v) is 3.93. The minimum Gasteiger partial charge on any atom is -0.493 e. The van der Waals surface area contributed by atoms with Gasteiger partial charge in [0.15, 0.2) is 11.5 Å². The molecule has 1 heterocycles. The molecule has 2 aromatic rings. The van der Waals surface area contributed by atoms with Crippen LogP contribution in [0.25, 0.3) is 0 Å². The summed E-state index contributed by atoms with van der Waals surface area (Å²) in [6, 6.07) is 5.73. The number of methoxy groups -OCH3 is 1. The average Bonchev–Trinajstić information content (AvgIpc) is 2.62. The summed E-state index contributed by atoms with van der Waals surface area (Å²) in [6.07, 6.45) is 4.96. The van der Waals surface area contributed by atoms with Crippen molar-refractivity contribution in [2.45, 2.75) is 40.2 Å². The van der Waals surface area contributed by atoms with Crippen LogP contribution < -0.4 is 20.5 Å². The number of primary amides is 1. The van der Waals surface area contributed by atoms with Crippen LogP contribution in [0.1, 0.15) is 49.7 Å². The van der Waals surface area contributed by atoms with Gasteiger partial charge in [0.1, 0.15) is 5.69 Å². The minimum atomic E-state index is -0.633. The zero-order chi connectivity index (χ0) is 19.9. The van der Waals surface area contributed by atoms with Gasteiger partial charge in [0.2, 0.25) is 5.88 Å². The Hall–Kier alpha value is -2.67. The van der Waals surface area contributed by atoms with E-state index in [1.807, 2.05) is 18.2 Å². The molecular weight excluding hydrogens is 344 g/mol. The molecule has 0 aliphatic rings. The number of carbonyl (C=O) groups excluding carboxylic acids is 1. The molecule has 0 fully saturated rings. The minimum absolute atomic E-state index is 0.0854. The molecule has 0 saturated heterocycles. The monoisotopic (exact) mass is 372 g/mol. The molecule has 0 spiro atoms. The van der Waals surface area contributed by atoms with E-state index in [1.54, 1.807) is 7.11 Å². The third kappa shape index (κ3) is 6.86. The predicted molar refractivity (Wildman–Crippen MR) is 104 cm³/mol. The van der Waals surface area contributed by atoms with Crippen molar-refractivity contribution in [2.75, 3.05) is 13.7 Å².